The molecule has 0 fully saturated rings. The maximum absolute atomic E-state index is 6.92. The number of nitrogens with zero attached hydrogens (tertiary/aromatic N) is 2. The fraction of sp³-hybridized carbons (Fsp3) is 0.200. The van der Waals surface area contributed by atoms with Crippen molar-refractivity contribution in [3.63, 3.8) is 0 Å². The second-order valence-corrected chi connectivity index (χ2v) is 23.9. The van der Waals surface area contributed by atoms with Gasteiger partial charge in [-0.3, -0.25) is 0 Å². The molecule has 71 heavy (non-hydrogen) atoms. The molecule has 0 spiro atoms. The van der Waals surface area contributed by atoms with Crippen LogP contribution in [-0.2, 0) is 16.2 Å². The summed E-state index contributed by atoms with van der Waals surface area (Å²) in [5.74, 6) is 2.87. The normalized spacial score (nSPS) is 15.9. The van der Waals surface area contributed by atoms with Crippen molar-refractivity contribution >= 4 is 88.5 Å². The summed E-state index contributed by atoms with van der Waals surface area (Å²) < 4.78 is 16.4. The van der Waals surface area contributed by atoms with Gasteiger partial charge in [0.05, 0.1) is 5.69 Å². The van der Waals surface area contributed by atoms with E-state index in [1.54, 1.807) is 0 Å². The molecule has 3 aliphatic heterocycles. The molecule has 346 valence electrons. The Kier molecular flexibility index (Phi) is 8.93. The van der Waals surface area contributed by atoms with E-state index in [1.165, 1.54) is 98.0 Å². The molecule has 4 aliphatic rings. The minimum Gasteiger partial charge on any atom is -0.450 e. The quantitative estimate of drug-likeness (QED) is 0.165. The predicted molar refractivity (Wildman–Crippen MR) is 301 cm³/mol. The lowest BCUT2D eigenvalue weighted by Crippen LogP contribution is -2.61. The summed E-state index contributed by atoms with van der Waals surface area (Å²) in [6.45, 7) is 18.8. The van der Waals surface area contributed by atoms with E-state index in [4.69, 9.17) is 9.47 Å². The molecule has 0 N–H and O–H groups in total. The highest BCUT2D eigenvalue weighted by Crippen LogP contribution is 2.57. The van der Waals surface area contributed by atoms with Gasteiger partial charge in [0, 0.05) is 65.5 Å². The number of benzene rings is 9. The molecule has 6 heteroatoms. The SMILES string of the molecule is Cc1cc2c(cc1N1c3cc4c(cc3B3c5c(cc6ccccc6c51)-c1cc5sc6ccccc6c5cc1N3c1ccc(C(C)(C)C)cc1-c1ccccc1)Oc1ccccc1O4)C(C)(C)CCC2(C)C. The lowest BCUT2D eigenvalue weighted by molar-refractivity contribution is 0.332. The molecule has 0 bridgehead atoms. The summed E-state index contributed by atoms with van der Waals surface area (Å²) >= 11 is 1.89. The van der Waals surface area contributed by atoms with E-state index in [9.17, 15) is 0 Å². The Hall–Kier alpha value is -7.28. The van der Waals surface area contributed by atoms with Gasteiger partial charge in [-0.2, -0.15) is 0 Å². The molecule has 9 aromatic carbocycles. The molecule has 4 nitrogen and oxygen atoms in total. The summed E-state index contributed by atoms with van der Waals surface area (Å²) in [6.07, 6.45) is 2.29. The number of anilines is 5. The molecule has 14 rings (SSSR count). The smallest absolute Gasteiger partial charge is 0.333 e. The number of thiophene rings is 1. The molecule has 10 aromatic rings. The standard InChI is InChI=1S/C65H55BN2O2S/c1-38-30-48-49(65(7,8)29-28-64(48,5)6)35-52(38)67-54-37-58-57(69-55-23-15-16-24-56(55)70-58)36-50(54)66-61-47(31-40-20-12-13-21-42(40)62(61)67)45-34-60-46(43-22-14-17-25-59(43)71-60)33-53(45)68(66)51-27-26-41(63(2,3)4)32-44(51)39-18-10-9-11-19-39/h9-27,30-37H,28-29H2,1-8H3. The van der Waals surface area contributed by atoms with Crippen molar-refractivity contribution in [1.82, 2.24) is 0 Å². The van der Waals surface area contributed by atoms with Crippen LogP contribution >= 0.6 is 11.3 Å². The number of aryl methyl sites for hydroxylation is 1. The summed E-state index contributed by atoms with van der Waals surface area (Å²) in [4.78, 5) is 5.31. The van der Waals surface area contributed by atoms with Crippen molar-refractivity contribution in [1.29, 1.82) is 0 Å². The first-order chi connectivity index (χ1) is 34.2. The van der Waals surface area contributed by atoms with E-state index in [2.05, 4.69) is 205 Å². The number of fused-ring (bicyclic) bond motifs is 12. The van der Waals surface area contributed by atoms with Crippen LogP contribution in [-0.4, -0.2) is 6.85 Å². The zero-order valence-corrected chi connectivity index (χ0v) is 42.5. The molecule has 0 atom stereocenters. The molecule has 1 aromatic heterocycles. The van der Waals surface area contributed by atoms with Crippen LogP contribution in [0.2, 0.25) is 0 Å². The predicted octanol–water partition coefficient (Wildman–Crippen LogP) is 17.4. The Morgan fingerprint density at radius 2 is 1.18 bits per heavy atom. The maximum Gasteiger partial charge on any atom is 0.333 e. The van der Waals surface area contributed by atoms with E-state index in [0.29, 0.717) is 5.75 Å². The second kappa shape index (κ2) is 14.9. The summed E-state index contributed by atoms with van der Waals surface area (Å²) in [5, 5.41) is 5.00. The van der Waals surface area contributed by atoms with Gasteiger partial charge >= 0.3 is 6.85 Å². The van der Waals surface area contributed by atoms with Crippen molar-refractivity contribution in [3.05, 3.63) is 186 Å². The Morgan fingerprint density at radius 3 is 1.93 bits per heavy atom. The minimum absolute atomic E-state index is 0.00156. The third-order valence-electron chi connectivity index (χ3n) is 16.4. The summed E-state index contributed by atoms with van der Waals surface area (Å²) in [6, 6.07) is 61.4. The average molecular weight is 939 g/mol. The highest BCUT2D eigenvalue weighted by molar-refractivity contribution is 7.25. The zero-order chi connectivity index (χ0) is 48.3. The van der Waals surface area contributed by atoms with Gasteiger partial charge in [-0.1, -0.05) is 146 Å². The topological polar surface area (TPSA) is 24.9 Å². The fourth-order valence-electron chi connectivity index (χ4n) is 12.5. The van der Waals surface area contributed by atoms with Gasteiger partial charge in [0.25, 0.3) is 0 Å². The lowest BCUT2D eigenvalue weighted by atomic mass is 9.43. The first-order valence-corrected chi connectivity index (χ1v) is 26.1. The van der Waals surface area contributed by atoms with E-state index in [0.717, 1.165) is 46.9 Å². The number of hydrogen-bond acceptors (Lipinski definition) is 5. The summed E-state index contributed by atoms with van der Waals surface area (Å²) in [5.41, 5.74) is 18.6. The Labute approximate surface area is 421 Å². The van der Waals surface area contributed by atoms with Crippen molar-refractivity contribution in [2.75, 3.05) is 9.71 Å². The van der Waals surface area contributed by atoms with E-state index >= 15 is 0 Å². The van der Waals surface area contributed by atoms with Gasteiger partial charge in [-0.25, -0.2) is 0 Å². The monoisotopic (exact) mass is 938 g/mol. The molecule has 0 saturated carbocycles. The van der Waals surface area contributed by atoms with Crippen LogP contribution in [0.4, 0.5) is 28.4 Å². The maximum atomic E-state index is 6.92. The van der Waals surface area contributed by atoms with E-state index < -0.39 is 0 Å². The van der Waals surface area contributed by atoms with Gasteiger partial charge in [0.15, 0.2) is 23.0 Å². The van der Waals surface area contributed by atoms with Crippen LogP contribution in [0.15, 0.2) is 164 Å². The van der Waals surface area contributed by atoms with Crippen LogP contribution in [0.25, 0.3) is 53.2 Å². The second-order valence-electron chi connectivity index (χ2n) is 22.8. The Morgan fingerprint density at radius 1 is 0.521 bits per heavy atom. The minimum atomic E-state index is -0.270. The van der Waals surface area contributed by atoms with Crippen molar-refractivity contribution in [2.45, 2.75) is 84.5 Å². The van der Waals surface area contributed by atoms with Crippen LogP contribution in [0.1, 0.15) is 83.6 Å². The molecule has 0 unspecified atom stereocenters. The lowest BCUT2D eigenvalue weighted by Gasteiger charge is -2.48. The first-order valence-electron chi connectivity index (χ1n) is 25.3. The summed E-state index contributed by atoms with van der Waals surface area (Å²) in [7, 11) is 0. The molecule has 0 amide bonds. The number of rotatable bonds is 3. The van der Waals surface area contributed by atoms with Gasteiger partial charge in [-0.15, -0.1) is 11.3 Å². The van der Waals surface area contributed by atoms with Crippen LogP contribution < -0.4 is 30.1 Å². The molecular formula is C65H55BN2O2S. The molecule has 1 aliphatic carbocycles. The number of para-hydroxylation sites is 2. The van der Waals surface area contributed by atoms with Crippen LogP contribution in [0, 0.1) is 6.92 Å². The highest BCUT2D eigenvalue weighted by atomic mass is 32.1. The highest BCUT2D eigenvalue weighted by Gasteiger charge is 2.48. The fourth-order valence-corrected chi connectivity index (χ4v) is 13.6. The van der Waals surface area contributed by atoms with Crippen LogP contribution in [0.5, 0.6) is 23.0 Å². The Balaban J connectivity index is 1.15. The third kappa shape index (κ3) is 6.29. The largest absolute Gasteiger partial charge is 0.450 e. The van der Waals surface area contributed by atoms with Gasteiger partial charge in [0.2, 0.25) is 0 Å². The Bertz CT molecular complexity index is 3920. The van der Waals surface area contributed by atoms with Gasteiger partial charge in [0.1, 0.15) is 0 Å². The van der Waals surface area contributed by atoms with Crippen molar-refractivity contribution < 1.29 is 9.47 Å². The molecular weight excluding hydrogens is 884 g/mol. The first kappa shape index (κ1) is 42.6. The molecule has 0 saturated heterocycles. The van der Waals surface area contributed by atoms with E-state index in [-0.39, 0.29) is 23.1 Å². The number of ether oxygens (including phenoxy) is 2. The zero-order valence-electron chi connectivity index (χ0n) is 41.7. The average Bonchev–Trinajstić information content (AvgIpc) is 3.73. The number of hydrogen-bond donors (Lipinski definition) is 0. The van der Waals surface area contributed by atoms with Gasteiger partial charge in [-0.05, 0) is 146 Å². The molecule has 4 heterocycles. The molecule has 0 radical (unpaired) electrons. The van der Waals surface area contributed by atoms with Crippen molar-refractivity contribution in [2.24, 2.45) is 0 Å². The van der Waals surface area contributed by atoms with Gasteiger partial charge < -0.3 is 19.2 Å². The van der Waals surface area contributed by atoms with E-state index in [1.807, 2.05) is 35.6 Å². The van der Waals surface area contributed by atoms with Crippen LogP contribution in [0.3, 0.4) is 0 Å². The third-order valence-corrected chi connectivity index (χ3v) is 17.5. The van der Waals surface area contributed by atoms with Crippen molar-refractivity contribution in [3.8, 4) is 45.3 Å².